The molecule has 1 N–H and O–H groups in total. The number of rotatable bonds is 6. The van der Waals surface area contributed by atoms with Gasteiger partial charge in [0.2, 0.25) is 5.91 Å². The van der Waals surface area contributed by atoms with E-state index >= 15 is 0 Å². The average Bonchev–Trinajstić information content (AvgIpc) is 2.50. The minimum Gasteiger partial charge on any atom is -0.338 e. The average molecular weight is 335 g/mol. The van der Waals surface area contributed by atoms with Gasteiger partial charge in [-0.3, -0.25) is 9.59 Å². The molecule has 0 aliphatic heterocycles. The van der Waals surface area contributed by atoms with Gasteiger partial charge in [0.1, 0.15) is 5.82 Å². The summed E-state index contributed by atoms with van der Waals surface area (Å²) in [4.78, 5) is 32.6. The van der Waals surface area contributed by atoms with Crippen LogP contribution >= 0.6 is 11.8 Å². The molecule has 1 aromatic carbocycles. The zero-order valence-electron chi connectivity index (χ0n) is 13.1. The Bertz CT molecular complexity index is 804. The normalized spacial score (nSPS) is 10.7. The van der Waals surface area contributed by atoms with Crippen LogP contribution in [0.5, 0.6) is 0 Å². The maximum atomic E-state index is 13.2. The first kappa shape index (κ1) is 17.2. The van der Waals surface area contributed by atoms with Gasteiger partial charge in [-0.25, -0.2) is 9.37 Å². The molecule has 122 valence electrons. The Kier molecular flexibility index (Phi) is 5.54. The van der Waals surface area contributed by atoms with Gasteiger partial charge in [-0.2, -0.15) is 0 Å². The van der Waals surface area contributed by atoms with Gasteiger partial charge in [0.25, 0.3) is 5.56 Å². The second kappa shape index (κ2) is 7.41. The number of carbonyl (C=O) groups excluding carboxylic acids is 1. The fraction of sp³-hybridized carbons (Fsp3) is 0.312. The highest BCUT2D eigenvalue weighted by Gasteiger charge is 2.13. The smallest absolute Gasteiger partial charge is 0.259 e. The molecule has 0 aliphatic carbocycles. The Hall–Kier alpha value is -2.15. The van der Waals surface area contributed by atoms with Crippen molar-refractivity contribution in [2.75, 3.05) is 18.8 Å². The number of likely N-dealkylation sites (N-methyl/N-ethyl adjacent to an activating group) is 1. The standard InChI is InChI=1S/C16H18FN3O2S/c1-4-20(8-10(2)3)14(21)9-23-16-18-13-6-5-11(17)7-12(13)15(22)19-16/h5-7H,2,4,8-9H2,1,3H3,(H,18,19,22). The van der Waals surface area contributed by atoms with Gasteiger partial charge >= 0.3 is 0 Å². The third-order valence-corrected chi connectivity index (χ3v) is 4.03. The predicted octanol–water partition coefficient (Wildman–Crippen LogP) is 2.58. The molecule has 0 atom stereocenters. The number of benzene rings is 1. The number of nitrogens with one attached hydrogen (secondary N) is 1. The van der Waals surface area contributed by atoms with Crippen LogP contribution in [0.1, 0.15) is 13.8 Å². The highest BCUT2D eigenvalue weighted by molar-refractivity contribution is 7.99. The van der Waals surface area contributed by atoms with E-state index in [4.69, 9.17) is 0 Å². The number of thioether (sulfide) groups is 1. The lowest BCUT2D eigenvalue weighted by molar-refractivity contribution is -0.127. The van der Waals surface area contributed by atoms with Crippen LogP contribution in [-0.4, -0.2) is 39.6 Å². The Labute approximate surface area is 137 Å². The third-order valence-electron chi connectivity index (χ3n) is 3.17. The number of hydrogen-bond donors (Lipinski definition) is 1. The molecule has 0 saturated carbocycles. The molecule has 0 unspecified atom stereocenters. The van der Waals surface area contributed by atoms with Crippen molar-refractivity contribution in [1.82, 2.24) is 14.9 Å². The van der Waals surface area contributed by atoms with Crippen LogP contribution in [0.3, 0.4) is 0 Å². The first-order valence-corrected chi connectivity index (χ1v) is 8.13. The van der Waals surface area contributed by atoms with E-state index in [0.29, 0.717) is 23.8 Å². The van der Waals surface area contributed by atoms with Crippen molar-refractivity contribution in [3.63, 3.8) is 0 Å². The molecule has 5 nitrogen and oxygen atoms in total. The van der Waals surface area contributed by atoms with Gasteiger partial charge in [0.05, 0.1) is 16.7 Å². The van der Waals surface area contributed by atoms with Crippen LogP contribution in [0.25, 0.3) is 10.9 Å². The van der Waals surface area contributed by atoms with Crippen molar-refractivity contribution >= 4 is 28.6 Å². The number of amides is 1. The molecule has 2 aromatic rings. The second-order valence-electron chi connectivity index (χ2n) is 5.19. The lowest BCUT2D eigenvalue weighted by Gasteiger charge is -2.20. The van der Waals surface area contributed by atoms with E-state index in [2.05, 4.69) is 16.5 Å². The summed E-state index contributed by atoms with van der Waals surface area (Å²) in [7, 11) is 0. The molecule has 0 fully saturated rings. The summed E-state index contributed by atoms with van der Waals surface area (Å²) in [5.41, 5.74) is 0.891. The maximum absolute atomic E-state index is 13.2. The second-order valence-corrected chi connectivity index (χ2v) is 6.15. The minimum atomic E-state index is -0.487. The lowest BCUT2D eigenvalue weighted by atomic mass is 10.2. The highest BCUT2D eigenvalue weighted by atomic mass is 32.2. The largest absolute Gasteiger partial charge is 0.338 e. The van der Waals surface area contributed by atoms with Crippen molar-refractivity contribution < 1.29 is 9.18 Å². The summed E-state index contributed by atoms with van der Waals surface area (Å²) >= 11 is 1.15. The first-order chi connectivity index (χ1) is 10.9. The third kappa shape index (κ3) is 4.41. The van der Waals surface area contributed by atoms with E-state index in [0.717, 1.165) is 23.4 Å². The summed E-state index contributed by atoms with van der Waals surface area (Å²) < 4.78 is 13.2. The van der Waals surface area contributed by atoms with E-state index in [1.807, 2.05) is 13.8 Å². The number of fused-ring (bicyclic) bond motifs is 1. The lowest BCUT2D eigenvalue weighted by Crippen LogP contribution is -2.33. The Morgan fingerprint density at radius 2 is 2.22 bits per heavy atom. The van der Waals surface area contributed by atoms with Crippen LogP contribution in [0.2, 0.25) is 0 Å². The van der Waals surface area contributed by atoms with Crippen LogP contribution in [0.15, 0.2) is 40.3 Å². The Morgan fingerprint density at radius 3 is 2.87 bits per heavy atom. The van der Waals surface area contributed by atoms with E-state index in [-0.39, 0.29) is 17.0 Å². The maximum Gasteiger partial charge on any atom is 0.259 e. The number of carbonyl (C=O) groups is 1. The minimum absolute atomic E-state index is 0.0534. The number of aromatic nitrogens is 2. The molecule has 0 radical (unpaired) electrons. The van der Waals surface area contributed by atoms with Crippen molar-refractivity contribution in [3.05, 3.63) is 46.5 Å². The van der Waals surface area contributed by atoms with E-state index in [9.17, 15) is 14.0 Å². The highest BCUT2D eigenvalue weighted by Crippen LogP contribution is 2.16. The molecule has 1 amide bonds. The van der Waals surface area contributed by atoms with Crippen LogP contribution in [0, 0.1) is 5.82 Å². The molecule has 0 spiro atoms. The molecular formula is C16H18FN3O2S. The summed E-state index contributed by atoms with van der Waals surface area (Å²) in [5, 5.41) is 0.534. The predicted molar refractivity (Wildman–Crippen MR) is 90.1 cm³/mol. The first-order valence-electron chi connectivity index (χ1n) is 7.15. The fourth-order valence-electron chi connectivity index (χ4n) is 2.08. The molecule has 2 rings (SSSR count). The van der Waals surface area contributed by atoms with Gasteiger partial charge in [-0.15, -0.1) is 0 Å². The van der Waals surface area contributed by atoms with Gasteiger partial charge in [-0.05, 0) is 32.0 Å². The fourth-order valence-corrected chi connectivity index (χ4v) is 2.85. The van der Waals surface area contributed by atoms with E-state index in [1.165, 1.54) is 12.1 Å². The topological polar surface area (TPSA) is 66.1 Å². The van der Waals surface area contributed by atoms with Crippen LogP contribution in [-0.2, 0) is 4.79 Å². The van der Waals surface area contributed by atoms with Crippen molar-refractivity contribution in [3.8, 4) is 0 Å². The molecule has 0 aliphatic rings. The van der Waals surface area contributed by atoms with Crippen molar-refractivity contribution in [1.29, 1.82) is 0 Å². The Balaban J connectivity index is 2.13. The van der Waals surface area contributed by atoms with Gasteiger partial charge in [-0.1, -0.05) is 23.9 Å². The SMILES string of the molecule is C=C(C)CN(CC)C(=O)CSc1nc2ccc(F)cc2c(=O)[nH]1. The van der Waals surface area contributed by atoms with E-state index < -0.39 is 11.4 Å². The molecule has 1 aromatic heterocycles. The molecule has 7 heteroatoms. The molecule has 1 heterocycles. The number of halogens is 1. The monoisotopic (exact) mass is 335 g/mol. The van der Waals surface area contributed by atoms with Crippen LogP contribution < -0.4 is 5.56 Å². The number of aromatic amines is 1. The molecule has 23 heavy (non-hydrogen) atoms. The quantitative estimate of drug-likeness (QED) is 0.501. The van der Waals surface area contributed by atoms with Crippen molar-refractivity contribution in [2.45, 2.75) is 19.0 Å². The van der Waals surface area contributed by atoms with Gasteiger partial charge in [0, 0.05) is 13.1 Å². The zero-order chi connectivity index (χ0) is 17.0. The van der Waals surface area contributed by atoms with Crippen LogP contribution in [0.4, 0.5) is 4.39 Å². The van der Waals surface area contributed by atoms with Gasteiger partial charge in [0.15, 0.2) is 5.16 Å². The Morgan fingerprint density at radius 1 is 1.48 bits per heavy atom. The number of nitrogens with zero attached hydrogens (tertiary/aromatic N) is 2. The summed E-state index contributed by atoms with van der Waals surface area (Å²) in [5.74, 6) is -0.377. The van der Waals surface area contributed by atoms with E-state index in [1.54, 1.807) is 4.90 Å². The van der Waals surface area contributed by atoms with Gasteiger partial charge < -0.3 is 9.88 Å². The summed E-state index contributed by atoms with van der Waals surface area (Å²) in [6.45, 7) is 8.67. The number of H-pyrrole nitrogens is 1. The molecular weight excluding hydrogens is 317 g/mol. The molecule has 0 bridgehead atoms. The zero-order valence-corrected chi connectivity index (χ0v) is 13.9. The van der Waals surface area contributed by atoms with Crippen molar-refractivity contribution in [2.24, 2.45) is 0 Å². The number of hydrogen-bond acceptors (Lipinski definition) is 4. The molecule has 0 saturated heterocycles. The summed E-state index contributed by atoms with van der Waals surface area (Å²) in [6.07, 6.45) is 0. The summed E-state index contributed by atoms with van der Waals surface area (Å²) in [6, 6.07) is 3.84.